The summed E-state index contributed by atoms with van der Waals surface area (Å²) in [7, 11) is 0. The van der Waals surface area contributed by atoms with Gasteiger partial charge in [-0.3, -0.25) is 9.78 Å². The summed E-state index contributed by atoms with van der Waals surface area (Å²) in [6.45, 7) is 3.99. The Labute approximate surface area is 107 Å². The summed E-state index contributed by atoms with van der Waals surface area (Å²) < 4.78 is 1.77. The van der Waals surface area contributed by atoms with Crippen LogP contribution in [0.15, 0.2) is 21.3 Å². The first-order valence-electron chi connectivity index (χ1n) is 4.86. The summed E-state index contributed by atoms with van der Waals surface area (Å²) >= 11 is 6.80. The first kappa shape index (κ1) is 12.8. The molecule has 0 bridgehead atoms. The predicted molar refractivity (Wildman–Crippen MR) is 67.8 cm³/mol. The van der Waals surface area contributed by atoms with E-state index in [0.29, 0.717) is 6.42 Å². The van der Waals surface area contributed by atoms with Gasteiger partial charge in [-0.15, -0.1) is 0 Å². The van der Waals surface area contributed by atoms with Crippen LogP contribution in [0.5, 0.6) is 0 Å². The number of carbonyl (C=O) groups is 1. The van der Waals surface area contributed by atoms with E-state index in [0.717, 1.165) is 20.9 Å². The molecular formula is C11H13Br2NO. The normalized spacial score (nSPS) is 12.5. The zero-order valence-electron chi connectivity index (χ0n) is 8.76. The number of pyridine rings is 1. The topological polar surface area (TPSA) is 30.0 Å². The molecule has 1 unspecified atom stereocenters. The molecule has 0 aliphatic carbocycles. The summed E-state index contributed by atoms with van der Waals surface area (Å²) in [6, 6.07) is 0. The van der Waals surface area contributed by atoms with Gasteiger partial charge >= 0.3 is 0 Å². The fraction of sp³-hybridized carbons (Fsp3) is 0.455. The van der Waals surface area contributed by atoms with Crippen molar-refractivity contribution in [3.63, 3.8) is 0 Å². The van der Waals surface area contributed by atoms with Crippen molar-refractivity contribution < 1.29 is 4.79 Å². The van der Waals surface area contributed by atoms with Gasteiger partial charge in [-0.2, -0.15) is 0 Å². The van der Waals surface area contributed by atoms with Crippen LogP contribution in [0.2, 0.25) is 0 Å². The molecule has 0 aliphatic rings. The molecule has 1 heterocycles. The number of hydrogen-bond acceptors (Lipinski definition) is 2. The number of carbonyl (C=O) groups excluding carboxylic acids is 1. The summed E-state index contributed by atoms with van der Waals surface area (Å²) in [5.74, 6) is 0.391. The highest BCUT2D eigenvalue weighted by Crippen LogP contribution is 2.25. The number of nitrogens with zero attached hydrogens (tertiary/aromatic N) is 1. The summed E-state index contributed by atoms with van der Waals surface area (Å²) in [6.07, 6.45) is 4.77. The third kappa shape index (κ3) is 3.38. The fourth-order valence-corrected chi connectivity index (χ4v) is 2.39. The molecule has 15 heavy (non-hydrogen) atoms. The van der Waals surface area contributed by atoms with Crippen molar-refractivity contribution in [1.82, 2.24) is 4.98 Å². The smallest absolute Gasteiger partial charge is 0.140 e. The molecule has 0 saturated heterocycles. The van der Waals surface area contributed by atoms with E-state index in [4.69, 9.17) is 0 Å². The van der Waals surface area contributed by atoms with Crippen LogP contribution in [-0.2, 0) is 11.2 Å². The van der Waals surface area contributed by atoms with Crippen LogP contribution in [0.3, 0.4) is 0 Å². The van der Waals surface area contributed by atoms with E-state index >= 15 is 0 Å². The molecular weight excluding hydrogens is 322 g/mol. The number of ketones is 1. The second-order valence-corrected chi connectivity index (χ2v) is 5.24. The van der Waals surface area contributed by atoms with Crippen LogP contribution in [0.1, 0.15) is 25.8 Å². The predicted octanol–water partition coefficient (Wildman–Crippen LogP) is 3.76. The second kappa shape index (κ2) is 5.75. The summed E-state index contributed by atoms with van der Waals surface area (Å²) in [4.78, 5) is 15.8. The van der Waals surface area contributed by atoms with E-state index in [1.54, 1.807) is 12.4 Å². The van der Waals surface area contributed by atoms with Gasteiger partial charge in [0.15, 0.2) is 0 Å². The average Bonchev–Trinajstić information content (AvgIpc) is 2.22. The molecule has 1 atom stereocenters. The van der Waals surface area contributed by atoms with Crippen LogP contribution < -0.4 is 0 Å². The Hall–Kier alpha value is -0.220. The third-order valence-electron chi connectivity index (χ3n) is 2.47. The monoisotopic (exact) mass is 333 g/mol. The minimum Gasteiger partial charge on any atom is -0.299 e. The van der Waals surface area contributed by atoms with Gasteiger partial charge in [0.1, 0.15) is 5.78 Å². The quantitative estimate of drug-likeness (QED) is 0.839. The lowest BCUT2D eigenvalue weighted by Crippen LogP contribution is -2.13. The molecule has 0 aliphatic heterocycles. The minimum absolute atomic E-state index is 0.122. The Morgan fingerprint density at radius 2 is 1.93 bits per heavy atom. The molecule has 0 radical (unpaired) electrons. The van der Waals surface area contributed by atoms with E-state index in [1.165, 1.54) is 0 Å². The van der Waals surface area contributed by atoms with E-state index in [-0.39, 0.29) is 11.7 Å². The Balaban J connectivity index is 2.85. The molecule has 0 spiro atoms. The van der Waals surface area contributed by atoms with Crippen molar-refractivity contribution >= 4 is 37.6 Å². The first-order valence-corrected chi connectivity index (χ1v) is 6.45. The highest BCUT2D eigenvalue weighted by atomic mass is 79.9. The standard InChI is InChI=1S/C11H13Br2NO/c1-3-7(2)11(15)4-8-9(12)5-14-6-10(8)13/h5-7H,3-4H2,1-2H3. The van der Waals surface area contributed by atoms with Gasteiger partial charge < -0.3 is 0 Å². The first-order chi connectivity index (χ1) is 7.06. The molecule has 0 N–H and O–H groups in total. The van der Waals surface area contributed by atoms with Crippen LogP contribution in [0, 0.1) is 5.92 Å². The van der Waals surface area contributed by atoms with E-state index in [1.807, 2.05) is 13.8 Å². The van der Waals surface area contributed by atoms with Gasteiger partial charge in [0.2, 0.25) is 0 Å². The minimum atomic E-state index is 0.122. The van der Waals surface area contributed by atoms with Crippen molar-refractivity contribution in [2.45, 2.75) is 26.7 Å². The molecule has 1 rings (SSSR count). The Morgan fingerprint density at radius 1 is 1.40 bits per heavy atom. The van der Waals surface area contributed by atoms with E-state index in [2.05, 4.69) is 36.8 Å². The van der Waals surface area contributed by atoms with Gasteiger partial charge in [0, 0.05) is 33.7 Å². The van der Waals surface area contributed by atoms with Crippen molar-refractivity contribution in [1.29, 1.82) is 0 Å². The average molecular weight is 335 g/mol. The number of halogens is 2. The molecule has 1 aromatic rings. The molecule has 0 fully saturated rings. The highest BCUT2D eigenvalue weighted by Gasteiger charge is 2.15. The molecule has 1 aromatic heterocycles. The highest BCUT2D eigenvalue weighted by molar-refractivity contribution is 9.11. The van der Waals surface area contributed by atoms with Crippen molar-refractivity contribution in [2.24, 2.45) is 5.92 Å². The van der Waals surface area contributed by atoms with E-state index < -0.39 is 0 Å². The molecule has 0 aromatic carbocycles. The lowest BCUT2D eigenvalue weighted by atomic mass is 9.98. The summed E-state index contributed by atoms with van der Waals surface area (Å²) in [5, 5.41) is 0. The van der Waals surface area contributed by atoms with Gasteiger partial charge in [0.05, 0.1) is 0 Å². The maximum atomic E-state index is 11.8. The molecule has 2 nitrogen and oxygen atoms in total. The SMILES string of the molecule is CCC(C)C(=O)Cc1c(Br)cncc1Br. The van der Waals surface area contributed by atoms with Crippen molar-refractivity contribution in [2.75, 3.05) is 0 Å². The van der Waals surface area contributed by atoms with Gasteiger partial charge in [0.25, 0.3) is 0 Å². The number of hydrogen-bond donors (Lipinski definition) is 0. The van der Waals surface area contributed by atoms with Crippen molar-refractivity contribution in [3.8, 4) is 0 Å². The van der Waals surface area contributed by atoms with Crippen molar-refractivity contribution in [3.05, 3.63) is 26.9 Å². The van der Waals surface area contributed by atoms with Crippen LogP contribution in [-0.4, -0.2) is 10.8 Å². The van der Waals surface area contributed by atoms with Gasteiger partial charge in [-0.05, 0) is 43.8 Å². The third-order valence-corrected chi connectivity index (χ3v) is 3.83. The maximum Gasteiger partial charge on any atom is 0.140 e. The van der Waals surface area contributed by atoms with Gasteiger partial charge in [-0.25, -0.2) is 0 Å². The van der Waals surface area contributed by atoms with Crippen LogP contribution in [0.25, 0.3) is 0 Å². The van der Waals surface area contributed by atoms with Crippen LogP contribution in [0.4, 0.5) is 0 Å². The Kier molecular flexibility index (Phi) is 4.93. The number of aromatic nitrogens is 1. The van der Waals surface area contributed by atoms with E-state index in [9.17, 15) is 4.79 Å². The fourth-order valence-electron chi connectivity index (χ4n) is 1.18. The molecule has 0 amide bonds. The molecule has 0 saturated carbocycles. The summed E-state index contributed by atoms with van der Waals surface area (Å²) in [5.41, 5.74) is 0.982. The maximum absolute atomic E-state index is 11.8. The lowest BCUT2D eigenvalue weighted by molar-refractivity contribution is -0.121. The molecule has 4 heteroatoms. The Bertz CT molecular complexity index is 345. The second-order valence-electron chi connectivity index (χ2n) is 3.53. The number of rotatable bonds is 4. The largest absolute Gasteiger partial charge is 0.299 e. The Morgan fingerprint density at radius 3 is 2.40 bits per heavy atom. The zero-order valence-corrected chi connectivity index (χ0v) is 11.9. The number of Topliss-reactive ketones (excluding diaryl/α,β-unsaturated/α-hetero) is 1. The van der Waals surface area contributed by atoms with Crippen LogP contribution >= 0.6 is 31.9 Å². The molecule has 82 valence electrons. The zero-order chi connectivity index (χ0) is 11.4. The van der Waals surface area contributed by atoms with Gasteiger partial charge in [-0.1, -0.05) is 13.8 Å². The lowest BCUT2D eigenvalue weighted by Gasteiger charge is -2.09.